The summed E-state index contributed by atoms with van der Waals surface area (Å²) in [7, 11) is 0. The van der Waals surface area contributed by atoms with Gasteiger partial charge in [-0.1, -0.05) is 6.07 Å². The molecule has 9 heteroatoms. The number of anilines is 1. The van der Waals surface area contributed by atoms with E-state index in [0.29, 0.717) is 62.0 Å². The third-order valence-electron chi connectivity index (χ3n) is 6.46. The van der Waals surface area contributed by atoms with Crippen LogP contribution in [0.4, 0.5) is 18.9 Å². The van der Waals surface area contributed by atoms with Gasteiger partial charge in [-0.2, -0.15) is 13.2 Å². The Balaban J connectivity index is 1.36. The highest BCUT2D eigenvalue weighted by Crippen LogP contribution is 2.32. The van der Waals surface area contributed by atoms with E-state index in [9.17, 15) is 22.8 Å². The molecule has 6 nitrogen and oxygen atoms in total. The first-order chi connectivity index (χ1) is 15.6. The maximum Gasteiger partial charge on any atom is 0.416 e. The van der Waals surface area contributed by atoms with Gasteiger partial charge in [0.1, 0.15) is 11.5 Å². The molecule has 2 aromatic rings. The lowest BCUT2D eigenvalue weighted by atomic mass is 9.95. The summed E-state index contributed by atoms with van der Waals surface area (Å²) in [5.74, 6) is 0.888. The topological polar surface area (TPSA) is 57.0 Å². The van der Waals surface area contributed by atoms with Gasteiger partial charge in [0.05, 0.1) is 17.0 Å². The minimum Gasteiger partial charge on any atom is -0.466 e. The van der Waals surface area contributed by atoms with E-state index in [2.05, 4.69) is 0 Å². The molecule has 0 N–H and O–H groups in total. The van der Waals surface area contributed by atoms with E-state index in [1.807, 2.05) is 4.90 Å². The molecule has 2 saturated heterocycles. The average molecular weight is 464 g/mol. The molecule has 4 rings (SSSR count). The maximum atomic E-state index is 13.2. The Morgan fingerprint density at radius 2 is 1.73 bits per heavy atom. The molecule has 1 atom stereocenters. The predicted molar refractivity (Wildman–Crippen MR) is 117 cm³/mol. The molecule has 2 aliphatic rings. The number of rotatable bonds is 3. The zero-order chi connectivity index (χ0) is 23.8. The Morgan fingerprint density at radius 3 is 2.36 bits per heavy atom. The molecule has 2 fully saturated rings. The van der Waals surface area contributed by atoms with Gasteiger partial charge in [-0.3, -0.25) is 9.59 Å². The predicted octanol–water partition coefficient (Wildman–Crippen LogP) is 4.12. The number of halogens is 3. The van der Waals surface area contributed by atoms with Crippen LogP contribution in [0.3, 0.4) is 0 Å². The first kappa shape index (κ1) is 23.2. The van der Waals surface area contributed by atoms with Crippen LogP contribution in [0.15, 0.2) is 34.7 Å². The number of hydrogen-bond donors (Lipinski definition) is 0. The quantitative estimate of drug-likeness (QED) is 0.687. The van der Waals surface area contributed by atoms with Gasteiger partial charge in [-0.05, 0) is 51.0 Å². The van der Waals surface area contributed by atoms with Gasteiger partial charge >= 0.3 is 6.18 Å². The van der Waals surface area contributed by atoms with Crippen LogP contribution in [0.1, 0.15) is 40.3 Å². The minimum absolute atomic E-state index is 0.0105. The summed E-state index contributed by atoms with van der Waals surface area (Å²) >= 11 is 0. The average Bonchev–Trinajstić information content (AvgIpc) is 3.15. The third-order valence-corrected chi connectivity index (χ3v) is 6.46. The van der Waals surface area contributed by atoms with Gasteiger partial charge < -0.3 is 19.1 Å². The SMILES string of the molecule is Cc1cc(C(=O)N2CCCC(C(=O)N3CCN(c4cccc(C(F)(F)F)c4)CC3)C2)c(C)o1. The number of benzene rings is 1. The number of likely N-dealkylation sites (tertiary alicyclic amines) is 1. The smallest absolute Gasteiger partial charge is 0.416 e. The standard InChI is InChI=1S/C24H28F3N3O3/c1-16-13-21(17(2)33-16)23(32)30-8-4-5-18(15-30)22(31)29-11-9-28(10-12-29)20-7-3-6-19(14-20)24(25,26)27/h3,6-7,13-14,18H,4-5,8-12,15H2,1-2H3. The van der Waals surface area contributed by atoms with Crippen LogP contribution in [-0.4, -0.2) is 60.9 Å². The van der Waals surface area contributed by atoms with Crippen LogP contribution in [0, 0.1) is 19.8 Å². The van der Waals surface area contributed by atoms with Gasteiger partial charge in [0.15, 0.2) is 0 Å². The van der Waals surface area contributed by atoms with Crippen molar-refractivity contribution >= 4 is 17.5 Å². The summed E-state index contributed by atoms with van der Waals surface area (Å²) in [5, 5.41) is 0. The molecule has 1 aromatic heterocycles. The Morgan fingerprint density at radius 1 is 1.00 bits per heavy atom. The van der Waals surface area contributed by atoms with Crippen LogP contribution < -0.4 is 4.90 Å². The summed E-state index contributed by atoms with van der Waals surface area (Å²) < 4.78 is 44.6. The Kier molecular flexibility index (Phi) is 6.41. The minimum atomic E-state index is -4.38. The molecule has 2 aliphatic heterocycles. The largest absolute Gasteiger partial charge is 0.466 e. The summed E-state index contributed by atoms with van der Waals surface area (Å²) in [6.45, 7) is 6.36. The Bertz CT molecular complexity index is 1030. The second kappa shape index (κ2) is 9.11. The molecule has 3 heterocycles. The molecule has 1 unspecified atom stereocenters. The van der Waals surface area contributed by atoms with E-state index in [1.165, 1.54) is 6.07 Å². The second-order valence-electron chi connectivity index (χ2n) is 8.78. The van der Waals surface area contributed by atoms with Crippen molar-refractivity contribution in [1.29, 1.82) is 0 Å². The fraction of sp³-hybridized carbons (Fsp3) is 0.500. The molecule has 0 radical (unpaired) electrons. The molecule has 33 heavy (non-hydrogen) atoms. The van der Waals surface area contributed by atoms with E-state index < -0.39 is 11.7 Å². The molecule has 0 aliphatic carbocycles. The van der Waals surface area contributed by atoms with Crippen LogP contribution in [0.2, 0.25) is 0 Å². The number of alkyl halides is 3. The molecule has 2 amide bonds. The van der Waals surface area contributed by atoms with Gasteiger partial charge in [0.2, 0.25) is 5.91 Å². The van der Waals surface area contributed by atoms with E-state index >= 15 is 0 Å². The molecule has 178 valence electrons. The van der Waals surface area contributed by atoms with Gasteiger partial charge in [-0.25, -0.2) is 0 Å². The summed E-state index contributed by atoms with van der Waals surface area (Å²) in [4.78, 5) is 31.5. The highest BCUT2D eigenvalue weighted by atomic mass is 19.4. The van der Waals surface area contributed by atoms with E-state index in [-0.39, 0.29) is 17.7 Å². The molecule has 0 saturated carbocycles. The number of carbonyl (C=O) groups excluding carboxylic acids is 2. The molecule has 0 spiro atoms. The first-order valence-electron chi connectivity index (χ1n) is 11.2. The van der Waals surface area contributed by atoms with Crippen LogP contribution in [-0.2, 0) is 11.0 Å². The van der Waals surface area contributed by atoms with Gasteiger partial charge in [0.25, 0.3) is 5.91 Å². The van der Waals surface area contributed by atoms with Crippen molar-refractivity contribution in [3.63, 3.8) is 0 Å². The van der Waals surface area contributed by atoms with Gasteiger partial charge in [-0.15, -0.1) is 0 Å². The van der Waals surface area contributed by atoms with E-state index in [4.69, 9.17) is 4.42 Å². The van der Waals surface area contributed by atoms with Crippen LogP contribution in [0.25, 0.3) is 0 Å². The summed E-state index contributed by atoms with van der Waals surface area (Å²) in [6, 6.07) is 7.02. The highest BCUT2D eigenvalue weighted by Gasteiger charge is 2.34. The maximum absolute atomic E-state index is 13.2. The van der Waals surface area contributed by atoms with Crippen molar-refractivity contribution in [3.8, 4) is 0 Å². The number of piperidine rings is 1. The molecular formula is C24H28F3N3O3. The number of nitrogens with zero attached hydrogens (tertiary/aromatic N) is 3. The first-order valence-corrected chi connectivity index (χ1v) is 11.2. The fourth-order valence-electron chi connectivity index (χ4n) is 4.70. The second-order valence-corrected chi connectivity index (χ2v) is 8.78. The monoisotopic (exact) mass is 463 g/mol. The van der Waals surface area contributed by atoms with Crippen LogP contribution >= 0.6 is 0 Å². The van der Waals surface area contributed by atoms with Crippen LogP contribution in [0.5, 0.6) is 0 Å². The summed E-state index contributed by atoms with van der Waals surface area (Å²) in [5.41, 5.74) is 0.376. The highest BCUT2D eigenvalue weighted by molar-refractivity contribution is 5.95. The van der Waals surface area contributed by atoms with Crippen molar-refractivity contribution < 1.29 is 27.2 Å². The Labute approximate surface area is 190 Å². The van der Waals surface area contributed by atoms with Crippen molar-refractivity contribution in [2.24, 2.45) is 5.92 Å². The lowest BCUT2D eigenvalue weighted by Gasteiger charge is -2.39. The van der Waals surface area contributed by atoms with Crippen molar-refractivity contribution in [2.45, 2.75) is 32.9 Å². The number of aryl methyl sites for hydroxylation is 2. The normalized spacial score (nSPS) is 19.7. The lowest BCUT2D eigenvalue weighted by molar-refractivity contribution is -0.138. The van der Waals surface area contributed by atoms with Crippen molar-refractivity contribution in [2.75, 3.05) is 44.2 Å². The zero-order valence-corrected chi connectivity index (χ0v) is 18.8. The number of carbonyl (C=O) groups is 2. The number of hydrogen-bond acceptors (Lipinski definition) is 4. The fourth-order valence-corrected chi connectivity index (χ4v) is 4.70. The molecular weight excluding hydrogens is 435 g/mol. The number of furan rings is 1. The lowest BCUT2D eigenvalue weighted by Crippen LogP contribution is -2.53. The van der Waals surface area contributed by atoms with E-state index in [1.54, 1.807) is 35.8 Å². The van der Waals surface area contributed by atoms with Crippen molar-refractivity contribution in [1.82, 2.24) is 9.80 Å². The third kappa shape index (κ3) is 5.02. The van der Waals surface area contributed by atoms with Crippen molar-refractivity contribution in [3.05, 3.63) is 53.0 Å². The van der Waals surface area contributed by atoms with E-state index in [0.717, 1.165) is 25.0 Å². The molecule has 1 aromatic carbocycles. The van der Waals surface area contributed by atoms with Gasteiger partial charge in [0, 0.05) is 45.0 Å². The number of amides is 2. The molecule has 0 bridgehead atoms. The number of piperazine rings is 1. The summed E-state index contributed by atoms with van der Waals surface area (Å²) in [6.07, 6.45) is -2.91. The Hall–Kier alpha value is -2.97. The zero-order valence-electron chi connectivity index (χ0n) is 18.8.